The number of aliphatic hydroxyl groups excluding tert-OH is 1. The maximum Gasteiger partial charge on any atom is 0.125 e. The highest BCUT2D eigenvalue weighted by Gasteiger charge is 2.07. The van der Waals surface area contributed by atoms with Crippen LogP contribution in [0.1, 0.15) is 13.8 Å². The molecule has 0 amide bonds. The Morgan fingerprint density at radius 3 is 2.71 bits per heavy atom. The average molecular weight is 197 g/mol. The maximum absolute atomic E-state index is 12.9. The number of rotatable bonds is 4. The van der Waals surface area contributed by atoms with Gasteiger partial charge in [-0.05, 0) is 32.0 Å². The van der Waals surface area contributed by atoms with Crippen molar-refractivity contribution in [3.8, 4) is 0 Å². The molecule has 0 radical (unpaired) electrons. The van der Waals surface area contributed by atoms with Crippen LogP contribution in [0.5, 0.6) is 0 Å². The summed E-state index contributed by atoms with van der Waals surface area (Å²) in [5, 5.41) is 9.25. The molecule has 0 saturated carbocycles. The smallest absolute Gasteiger partial charge is 0.125 e. The van der Waals surface area contributed by atoms with Crippen LogP contribution in [0.15, 0.2) is 24.3 Å². The summed E-state index contributed by atoms with van der Waals surface area (Å²) in [6, 6.07) is 6.41. The predicted octanol–water partition coefficient (Wildman–Crippen LogP) is 2.03. The lowest BCUT2D eigenvalue weighted by Gasteiger charge is -2.24. The Kier molecular flexibility index (Phi) is 3.89. The molecule has 1 aromatic carbocycles. The fraction of sp³-hybridized carbons (Fsp3) is 0.455. The number of likely N-dealkylation sites (N-methyl/N-ethyl adjacent to an activating group) is 1. The molecular weight excluding hydrogens is 181 g/mol. The summed E-state index contributed by atoms with van der Waals surface area (Å²) in [7, 11) is 0. The summed E-state index contributed by atoms with van der Waals surface area (Å²) < 4.78 is 12.9. The van der Waals surface area contributed by atoms with Gasteiger partial charge in [0.05, 0.1) is 6.10 Å². The third kappa shape index (κ3) is 3.00. The third-order valence-electron chi connectivity index (χ3n) is 2.04. The summed E-state index contributed by atoms with van der Waals surface area (Å²) in [6.45, 7) is 4.99. The van der Waals surface area contributed by atoms with E-state index in [-0.39, 0.29) is 5.82 Å². The minimum atomic E-state index is -0.404. The number of benzene rings is 1. The molecule has 0 aliphatic heterocycles. The van der Waals surface area contributed by atoms with E-state index >= 15 is 0 Å². The summed E-state index contributed by atoms with van der Waals surface area (Å²) in [6.07, 6.45) is -0.404. The first kappa shape index (κ1) is 11.0. The molecule has 0 unspecified atom stereocenters. The van der Waals surface area contributed by atoms with Gasteiger partial charge in [0, 0.05) is 18.8 Å². The van der Waals surface area contributed by atoms with Gasteiger partial charge in [0.15, 0.2) is 0 Å². The number of aliphatic hydroxyl groups is 1. The average Bonchev–Trinajstić information content (AvgIpc) is 2.14. The molecule has 0 fully saturated rings. The highest BCUT2D eigenvalue weighted by Crippen LogP contribution is 2.15. The minimum Gasteiger partial charge on any atom is -0.392 e. The molecule has 0 aliphatic rings. The van der Waals surface area contributed by atoms with Crippen molar-refractivity contribution in [3.05, 3.63) is 30.1 Å². The summed E-state index contributed by atoms with van der Waals surface area (Å²) >= 11 is 0. The van der Waals surface area contributed by atoms with Crippen molar-refractivity contribution in [2.45, 2.75) is 20.0 Å². The number of halogens is 1. The topological polar surface area (TPSA) is 23.5 Å². The largest absolute Gasteiger partial charge is 0.392 e. The minimum absolute atomic E-state index is 0.244. The molecule has 0 aromatic heterocycles. The van der Waals surface area contributed by atoms with Crippen LogP contribution in [0.4, 0.5) is 10.1 Å². The van der Waals surface area contributed by atoms with Crippen LogP contribution >= 0.6 is 0 Å². The molecule has 1 rings (SSSR count). The van der Waals surface area contributed by atoms with Gasteiger partial charge >= 0.3 is 0 Å². The first-order valence-corrected chi connectivity index (χ1v) is 4.82. The SMILES string of the molecule is CCN(C[C@@H](C)O)c1cccc(F)c1. The van der Waals surface area contributed by atoms with Crippen molar-refractivity contribution >= 4 is 5.69 Å². The van der Waals surface area contributed by atoms with Gasteiger partial charge in [-0.25, -0.2) is 4.39 Å². The molecule has 3 heteroatoms. The molecule has 14 heavy (non-hydrogen) atoms. The lowest BCUT2D eigenvalue weighted by molar-refractivity contribution is 0.200. The normalized spacial score (nSPS) is 12.6. The van der Waals surface area contributed by atoms with Crippen LogP contribution in [0.25, 0.3) is 0 Å². The van der Waals surface area contributed by atoms with Crippen molar-refractivity contribution in [1.29, 1.82) is 0 Å². The Bertz CT molecular complexity index is 288. The van der Waals surface area contributed by atoms with Crippen LogP contribution in [-0.4, -0.2) is 24.3 Å². The van der Waals surface area contributed by atoms with E-state index in [9.17, 15) is 9.50 Å². The first-order valence-electron chi connectivity index (χ1n) is 4.82. The van der Waals surface area contributed by atoms with Gasteiger partial charge < -0.3 is 10.0 Å². The molecular formula is C11H16FNO. The van der Waals surface area contributed by atoms with Gasteiger partial charge in [0.25, 0.3) is 0 Å². The van der Waals surface area contributed by atoms with Crippen molar-refractivity contribution in [2.75, 3.05) is 18.0 Å². The maximum atomic E-state index is 12.9. The van der Waals surface area contributed by atoms with Gasteiger partial charge in [-0.15, -0.1) is 0 Å². The molecule has 0 heterocycles. The van der Waals surface area contributed by atoms with Gasteiger partial charge in [-0.1, -0.05) is 6.07 Å². The highest BCUT2D eigenvalue weighted by molar-refractivity contribution is 5.46. The monoisotopic (exact) mass is 197 g/mol. The molecule has 1 N–H and O–H groups in total. The van der Waals surface area contributed by atoms with Crippen molar-refractivity contribution in [3.63, 3.8) is 0 Å². The lowest BCUT2D eigenvalue weighted by Crippen LogP contribution is -2.30. The van der Waals surface area contributed by atoms with Gasteiger partial charge in [-0.3, -0.25) is 0 Å². The summed E-state index contributed by atoms with van der Waals surface area (Å²) in [5.41, 5.74) is 0.813. The second kappa shape index (κ2) is 4.96. The van der Waals surface area contributed by atoms with E-state index in [4.69, 9.17) is 0 Å². The van der Waals surface area contributed by atoms with E-state index in [0.717, 1.165) is 12.2 Å². The number of hydrogen-bond acceptors (Lipinski definition) is 2. The number of hydrogen-bond donors (Lipinski definition) is 1. The van der Waals surface area contributed by atoms with E-state index in [0.29, 0.717) is 6.54 Å². The number of anilines is 1. The zero-order valence-corrected chi connectivity index (χ0v) is 8.57. The second-order valence-electron chi connectivity index (χ2n) is 3.37. The summed E-state index contributed by atoms with van der Waals surface area (Å²) in [5.74, 6) is -0.244. The second-order valence-corrected chi connectivity index (χ2v) is 3.37. The predicted molar refractivity (Wildman–Crippen MR) is 56.0 cm³/mol. The van der Waals surface area contributed by atoms with E-state index < -0.39 is 6.10 Å². The first-order chi connectivity index (χ1) is 6.63. The zero-order valence-electron chi connectivity index (χ0n) is 8.57. The zero-order chi connectivity index (χ0) is 10.6. The van der Waals surface area contributed by atoms with E-state index in [1.807, 2.05) is 17.9 Å². The van der Waals surface area contributed by atoms with Gasteiger partial charge in [0.1, 0.15) is 5.82 Å². The lowest BCUT2D eigenvalue weighted by atomic mass is 10.2. The third-order valence-corrected chi connectivity index (χ3v) is 2.04. The molecule has 1 atom stereocenters. The van der Waals surface area contributed by atoms with E-state index in [2.05, 4.69) is 0 Å². The number of nitrogens with zero attached hydrogens (tertiary/aromatic N) is 1. The molecule has 2 nitrogen and oxygen atoms in total. The van der Waals surface area contributed by atoms with Crippen molar-refractivity contribution < 1.29 is 9.50 Å². The standard InChI is InChI=1S/C11H16FNO/c1-3-13(8-9(2)14)11-6-4-5-10(12)7-11/h4-7,9,14H,3,8H2,1-2H3/t9-/m1/s1. The molecule has 0 saturated heterocycles. The Morgan fingerprint density at radius 1 is 1.50 bits per heavy atom. The Labute approximate surface area is 84.0 Å². The van der Waals surface area contributed by atoms with Crippen LogP contribution in [0.2, 0.25) is 0 Å². The summed E-state index contributed by atoms with van der Waals surface area (Å²) in [4.78, 5) is 1.94. The molecule has 78 valence electrons. The molecule has 0 bridgehead atoms. The van der Waals surface area contributed by atoms with E-state index in [1.165, 1.54) is 12.1 Å². The van der Waals surface area contributed by atoms with Crippen molar-refractivity contribution in [1.82, 2.24) is 0 Å². The fourth-order valence-electron chi connectivity index (χ4n) is 1.41. The van der Waals surface area contributed by atoms with Crippen molar-refractivity contribution in [2.24, 2.45) is 0 Å². The molecule has 1 aromatic rings. The van der Waals surface area contributed by atoms with Crippen LogP contribution in [-0.2, 0) is 0 Å². The highest BCUT2D eigenvalue weighted by atomic mass is 19.1. The van der Waals surface area contributed by atoms with Crippen LogP contribution in [0.3, 0.4) is 0 Å². The fourth-order valence-corrected chi connectivity index (χ4v) is 1.41. The van der Waals surface area contributed by atoms with E-state index in [1.54, 1.807) is 13.0 Å². The quantitative estimate of drug-likeness (QED) is 0.798. The Balaban J connectivity index is 2.78. The van der Waals surface area contributed by atoms with Gasteiger partial charge in [0.2, 0.25) is 0 Å². The molecule has 0 aliphatic carbocycles. The van der Waals surface area contributed by atoms with Gasteiger partial charge in [-0.2, -0.15) is 0 Å². The molecule has 0 spiro atoms. The van der Waals surface area contributed by atoms with Crippen LogP contribution < -0.4 is 4.90 Å². The van der Waals surface area contributed by atoms with Crippen LogP contribution in [0, 0.1) is 5.82 Å². The Hall–Kier alpha value is -1.09. The Morgan fingerprint density at radius 2 is 2.21 bits per heavy atom.